The van der Waals surface area contributed by atoms with Gasteiger partial charge in [-0.15, -0.1) is 0 Å². The number of nitrogens with two attached hydrogens (primary N) is 1. The number of carbonyl (C=O) groups is 1. The van der Waals surface area contributed by atoms with Crippen molar-refractivity contribution in [3.63, 3.8) is 0 Å². The summed E-state index contributed by atoms with van der Waals surface area (Å²) in [6, 6.07) is 0. The predicted octanol–water partition coefficient (Wildman–Crippen LogP) is 1.04. The molecule has 0 bridgehead atoms. The van der Waals surface area contributed by atoms with Crippen LogP contribution in [-0.4, -0.2) is 20.3 Å². The van der Waals surface area contributed by atoms with Crippen molar-refractivity contribution in [1.82, 2.24) is 14.4 Å². The Kier molecular flexibility index (Phi) is 2.32. The van der Waals surface area contributed by atoms with Crippen molar-refractivity contribution in [2.45, 2.75) is 13.3 Å². The van der Waals surface area contributed by atoms with E-state index < -0.39 is 5.91 Å². The SMILES string of the molecule is CCc1nc2ncc(Cl)cn2c1C(N)=O. The Bertz CT molecular complexity index is 534. The van der Waals surface area contributed by atoms with Crippen LogP contribution >= 0.6 is 11.6 Å². The van der Waals surface area contributed by atoms with Gasteiger partial charge in [-0.1, -0.05) is 18.5 Å². The van der Waals surface area contributed by atoms with Gasteiger partial charge in [-0.25, -0.2) is 9.97 Å². The fourth-order valence-corrected chi connectivity index (χ4v) is 1.61. The van der Waals surface area contributed by atoms with Crippen LogP contribution in [0.2, 0.25) is 5.02 Å². The normalized spacial score (nSPS) is 10.8. The van der Waals surface area contributed by atoms with Gasteiger partial charge in [0.05, 0.1) is 16.9 Å². The number of imidazole rings is 1. The number of hydrogen-bond acceptors (Lipinski definition) is 3. The van der Waals surface area contributed by atoms with E-state index in [1.807, 2.05) is 6.92 Å². The van der Waals surface area contributed by atoms with Crippen molar-refractivity contribution in [1.29, 1.82) is 0 Å². The highest BCUT2D eigenvalue weighted by molar-refractivity contribution is 6.30. The van der Waals surface area contributed by atoms with Gasteiger partial charge in [-0.3, -0.25) is 9.20 Å². The number of aromatic nitrogens is 3. The number of aryl methyl sites for hydroxylation is 1. The lowest BCUT2D eigenvalue weighted by molar-refractivity contribution is 0.0994. The van der Waals surface area contributed by atoms with E-state index >= 15 is 0 Å². The first-order valence-electron chi connectivity index (χ1n) is 4.45. The van der Waals surface area contributed by atoms with Crippen LogP contribution in [0.3, 0.4) is 0 Å². The Morgan fingerprint density at radius 3 is 3.00 bits per heavy atom. The molecule has 0 saturated heterocycles. The van der Waals surface area contributed by atoms with Crippen LogP contribution in [0, 0.1) is 0 Å². The summed E-state index contributed by atoms with van der Waals surface area (Å²) >= 11 is 5.78. The first kappa shape index (κ1) is 9.92. The highest BCUT2D eigenvalue weighted by Crippen LogP contribution is 2.14. The third kappa shape index (κ3) is 1.55. The Labute approximate surface area is 90.9 Å². The molecular formula is C9H9ClN4O. The number of primary amides is 1. The molecule has 2 rings (SSSR count). The molecule has 0 aliphatic carbocycles. The van der Waals surface area contributed by atoms with Crippen molar-refractivity contribution in [3.8, 4) is 0 Å². The zero-order valence-electron chi connectivity index (χ0n) is 8.07. The summed E-state index contributed by atoms with van der Waals surface area (Å²) < 4.78 is 1.52. The number of rotatable bonds is 2. The first-order valence-corrected chi connectivity index (χ1v) is 4.83. The van der Waals surface area contributed by atoms with Gasteiger partial charge in [0.1, 0.15) is 5.69 Å². The maximum Gasteiger partial charge on any atom is 0.267 e. The van der Waals surface area contributed by atoms with Gasteiger partial charge in [0.25, 0.3) is 5.91 Å². The van der Waals surface area contributed by atoms with E-state index in [0.717, 1.165) is 0 Å². The maximum atomic E-state index is 11.3. The molecule has 0 spiro atoms. The van der Waals surface area contributed by atoms with E-state index in [-0.39, 0.29) is 0 Å². The molecule has 15 heavy (non-hydrogen) atoms. The average molecular weight is 225 g/mol. The molecule has 2 aromatic heterocycles. The van der Waals surface area contributed by atoms with Gasteiger partial charge in [0, 0.05) is 6.20 Å². The molecule has 2 heterocycles. The molecule has 6 heteroatoms. The summed E-state index contributed by atoms with van der Waals surface area (Å²) in [5.74, 6) is -0.0894. The Hall–Kier alpha value is -1.62. The van der Waals surface area contributed by atoms with Crippen LogP contribution in [0.5, 0.6) is 0 Å². The van der Waals surface area contributed by atoms with Crippen LogP contribution in [0.1, 0.15) is 23.1 Å². The van der Waals surface area contributed by atoms with E-state index in [2.05, 4.69) is 9.97 Å². The molecule has 0 unspecified atom stereocenters. The zero-order chi connectivity index (χ0) is 11.0. The van der Waals surface area contributed by atoms with Gasteiger partial charge >= 0.3 is 0 Å². The summed E-state index contributed by atoms with van der Waals surface area (Å²) in [7, 11) is 0. The van der Waals surface area contributed by atoms with Crippen LogP contribution in [0.25, 0.3) is 5.78 Å². The largest absolute Gasteiger partial charge is 0.364 e. The summed E-state index contributed by atoms with van der Waals surface area (Å²) in [5, 5.41) is 0.435. The van der Waals surface area contributed by atoms with E-state index in [1.165, 1.54) is 10.6 Å². The highest BCUT2D eigenvalue weighted by atomic mass is 35.5. The smallest absolute Gasteiger partial charge is 0.267 e. The number of fused-ring (bicyclic) bond motifs is 1. The predicted molar refractivity (Wildman–Crippen MR) is 55.9 cm³/mol. The summed E-state index contributed by atoms with van der Waals surface area (Å²) in [6.07, 6.45) is 3.68. The average Bonchev–Trinajstić information content (AvgIpc) is 2.55. The summed E-state index contributed by atoms with van der Waals surface area (Å²) in [5.41, 5.74) is 6.27. The van der Waals surface area contributed by atoms with Crippen molar-refractivity contribution in [2.24, 2.45) is 5.73 Å². The van der Waals surface area contributed by atoms with Crippen molar-refractivity contribution in [2.75, 3.05) is 0 Å². The van der Waals surface area contributed by atoms with Crippen LogP contribution in [0.15, 0.2) is 12.4 Å². The quantitative estimate of drug-likeness (QED) is 0.829. The minimum absolute atomic E-state index is 0.350. The molecule has 0 aliphatic heterocycles. The summed E-state index contributed by atoms with van der Waals surface area (Å²) in [4.78, 5) is 19.4. The Morgan fingerprint density at radius 1 is 1.67 bits per heavy atom. The van der Waals surface area contributed by atoms with Crippen molar-refractivity contribution >= 4 is 23.3 Å². The fourth-order valence-electron chi connectivity index (χ4n) is 1.46. The molecule has 78 valence electrons. The van der Waals surface area contributed by atoms with Gasteiger partial charge in [-0.2, -0.15) is 0 Å². The number of carbonyl (C=O) groups excluding carboxylic acids is 1. The molecule has 5 nitrogen and oxygen atoms in total. The second-order valence-corrected chi connectivity index (χ2v) is 3.50. The third-order valence-electron chi connectivity index (χ3n) is 2.09. The topological polar surface area (TPSA) is 73.3 Å². The number of nitrogens with zero attached hydrogens (tertiary/aromatic N) is 3. The van der Waals surface area contributed by atoms with Crippen LogP contribution in [-0.2, 0) is 6.42 Å². The van der Waals surface area contributed by atoms with E-state index in [0.29, 0.717) is 28.6 Å². The van der Waals surface area contributed by atoms with Crippen molar-refractivity contribution < 1.29 is 4.79 Å². The number of hydrogen-bond donors (Lipinski definition) is 1. The first-order chi connectivity index (χ1) is 7.13. The third-order valence-corrected chi connectivity index (χ3v) is 2.28. The number of amides is 1. The van der Waals surface area contributed by atoms with Crippen LogP contribution in [0.4, 0.5) is 0 Å². The molecule has 0 fully saturated rings. The molecule has 2 N–H and O–H groups in total. The highest BCUT2D eigenvalue weighted by Gasteiger charge is 2.16. The molecule has 1 amide bonds. The molecule has 0 saturated carbocycles. The van der Waals surface area contributed by atoms with E-state index in [1.54, 1.807) is 6.20 Å². The van der Waals surface area contributed by atoms with E-state index in [9.17, 15) is 4.79 Å². The standard InChI is InChI=1S/C9H9ClN4O/c1-2-6-7(8(11)15)14-4-5(10)3-12-9(14)13-6/h3-4H,2H2,1H3,(H2,11,15). The minimum Gasteiger partial charge on any atom is -0.364 e. The zero-order valence-corrected chi connectivity index (χ0v) is 8.82. The van der Waals surface area contributed by atoms with Crippen molar-refractivity contribution in [3.05, 3.63) is 28.8 Å². The Balaban J connectivity index is 2.82. The van der Waals surface area contributed by atoms with Gasteiger partial charge in [0.2, 0.25) is 5.78 Å². The maximum absolute atomic E-state index is 11.3. The fraction of sp³-hybridized carbons (Fsp3) is 0.222. The molecule has 2 aromatic rings. The molecular weight excluding hydrogens is 216 g/mol. The Morgan fingerprint density at radius 2 is 2.40 bits per heavy atom. The monoisotopic (exact) mass is 224 g/mol. The van der Waals surface area contributed by atoms with Gasteiger partial charge in [-0.05, 0) is 6.42 Å². The lowest BCUT2D eigenvalue weighted by Gasteiger charge is -1.98. The lowest BCUT2D eigenvalue weighted by Crippen LogP contribution is -2.15. The summed E-state index contributed by atoms with van der Waals surface area (Å²) in [6.45, 7) is 1.90. The van der Waals surface area contributed by atoms with Gasteiger partial charge < -0.3 is 5.73 Å². The molecule has 0 atom stereocenters. The van der Waals surface area contributed by atoms with Gasteiger partial charge in [0.15, 0.2) is 0 Å². The lowest BCUT2D eigenvalue weighted by atomic mass is 10.2. The number of halogens is 1. The van der Waals surface area contributed by atoms with Crippen LogP contribution < -0.4 is 5.73 Å². The van der Waals surface area contributed by atoms with E-state index in [4.69, 9.17) is 17.3 Å². The second kappa shape index (κ2) is 3.51. The molecule has 0 aliphatic rings. The molecule has 0 radical (unpaired) electrons. The minimum atomic E-state index is -0.525. The molecule has 0 aromatic carbocycles. The second-order valence-electron chi connectivity index (χ2n) is 3.07.